The Labute approximate surface area is 155 Å². The Balaban J connectivity index is 1.72. The molecule has 0 unspecified atom stereocenters. The highest BCUT2D eigenvalue weighted by Crippen LogP contribution is 2.15. The molecule has 26 heavy (non-hydrogen) atoms. The molecule has 2 aromatic rings. The minimum atomic E-state index is -3.72. The number of sulfonamides is 1. The van der Waals surface area contributed by atoms with Crippen molar-refractivity contribution in [3.63, 3.8) is 0 Å². The minimum Gasteiger partial charge on any atom is -0.379 e. The van der Waals surface area contributed by atoms with Crippen LogP contribution >= 0.6 is 11.3 Å². The predicted octanol–water partition coefficient (Wildman–Crippen LogP) is 0.247. The van der Waals surface area contributed by atoms with E-state index in [9.17, 15) is 18.0 Å². The van der Waals surface area contributed by atoms with Gasteiger partial charge in [-0.3, -0.25) is 9.59 Å². The van der Waals surface area contributed by atoms with Crippen LogP contribution in [-0.4, -0.2) is 49.5 Å². The van der Waals surface area contributed by atoms with Crippen molar-refractivity contribution in [1.82, 2.24) is 14.2 Å². The van der Waals surface area contributed by atoms with E-state index in [0.717, 1.165) is 9.44 Å². The maximum absolute atomic E-state index is 12.7. The number of aromatic nitrogens is 1. The SMILES string of the molecule is O=C(Cn1cc(S(=O)(=O)N2CCOCC2)ccc1=O)NCc1cccs1. The van der Waals surface area contributed by atoms with Crippen molar-refractivity contribution < 1.29 is 17.9 Å². The first kappa shape index (κ1) is 18.8. The first-order valence-corrected chi connectivity index (χ1v) is 10.4. The zero-order chi connectivity index (χ0) is 18.6. The molecule has 3 rings (SSSR count). The van der Waals surface area contributed by atoms with Gasteiger partial charge < -0.3 is 14.6 Å². The lowest BCUT2D eigenvalue weighted by Gasteiger charge is -2.26. The number of pyridine rings is 1. The number of amides is 1. The van der Waals surface area contributed by atoms with E-state index in [0.29, 0.717) is 19.8 Å². The molecule has 0 aliphatic carbocycles. The second-order valence-corrected chi connectivity index (χ2v) is 8.67. The Morgan fingerprint density at radius 2 is 2.00 bits per heavy atom. The molecule has 0 saturated carbocycles. The van der Waals surface area contributed by atoms with E-state index in [-0.39, 0.29) is 30.4 Å². The van der Waals surface area contributed by atoms with Crippen molar-refractivity contribution in [2.24, 2.45) is 0 Å². The van der Waals surface area contributed by atoms with Gasteiger partial charge in [0.25, 0.3) is 5.56 Å². The number of ether oxygens (including phenoxy) is 1. The lowest BCUT2D eigenvalue weighted by Crippen LogP contribution is -2.41. The molecule has 1 N–H and O–H groups in total. The van der Waals surface area contributed by atoms with Crippen LogP contribution < -0.4 is 10.9 Å². The minimum absolute atomic E-state index is 0.00921. The molecule has 8 nitrogen and oxygen atoms in total. The molecule has 1 fully saturated rings. The molecular weight excluding hydrogens is 378 g/mol. The first-order chi connectivity index (χ1) is 12.5. The number of thiophene rings is 1. The summed E-state index contributed by atoms with van der Waals surface area (Å²) in [4.78, 5) is 25.1. The molecule has 0 spiro atoms. The summed E-state index contributed by atoms with van der Waals surface area (Å²) >= 11 is 1.52. The van der Waals surface area contributed by atoms with Crippen molar-refractivity contribution >= 4 is 27.3 Å². The summed E-state index contributed by atoms with van der Waals surface area (Å²) in [6, 6.07) is 6.22. The molecule has 1 aliphatic heterocycles. The number of hydrogen-bond acceptors (Lipinski definition) is 6. The summed E-state index contributed by atoms with van der Waals surface area (Å²) in [6.07, 6.45) is 1.22. The van der Waals surface area contributed by atoms with Gasteiger partial charge in [0.15, 0.2) is 0 Å². The Morgan fingerprint density at radius 3 is 2.69 bits per heavy atom. The molecule has 140 valence electrons. The fraction of sp³-hybridized carbons (Fsp3) is 0.375. The van der Waals surface area contributed by atoms with Crippen LogP contribution in [0.15, 0.2) is 45.5 Å². The van der Waals surface area contributed by atoms with E-state index >= 15 is 0 Å². The zero-order valence-electron chi connectivity index (χ0n) is 14.0. The van der Waals surface area contributed by atoms with Gasteiger partial charge in [-0.05, 0) is 17.5 Å². The summed E-state index contributed by atoms with van der Waals surface area (Å²) in [6.45, 7) is 1.34. The zero-order valence-corrected chi connectivity index (χ0v) is 15.6. The molecule has 0 bridgehead atoms. The van der Waals surface area contributed by atoms with E-state index in [1.807, 2.05) is 17.5 Å². The largest absolute Gasteiger partial charge is 0.379 e. The van der Waals surface area contributed by atoms with Crippen LogP contribution in [-0.2, 0) is 32.6 Å². The highest BCUT2D eigenvalue weighted by Gasteiger charge is 2.27. The Bertz CT molecular complexity index is 916. The topological polar surface area (TPSA) is 97.7 Å². The molecule has 1 saturated heterocycles. The van der Waals surface area contributed by atoms with Gasteiger partial charge in [-0.2, -0.15) is 4.31 Å². The number of nitrogens with zero attached hydrogens (tertiary/aromatic N) is 2. The van der Waals surface area contributed by atoms with Gasteiger partial charge in [0.1, 0.15) is 6.54 Å². The molecule has 2 aromatic heterocycles. The fourth-order valence-electron chi connectivity index (χ4n) is 2.53. The Kier molecular flexibility index (Phi) is 5.87. The highest BCUT2D eigenvalue weighted by atomic mass is 32.2. The molecule has 0 radical (unpaired) electrons. The summed E-state index contributed by atoms with van der Waals surface area (Å²) in [7, 11) is -3.72. The van der Waals surface area contributed by atoms with Crippen molar-refractivity contribution in [3.05, 3.63) is 51.1 Å². The number of carbonyl (C=O) groups excluding carboxylic acids is 1. The third kappa shape index (κ3) is 4.39. The van der Waals surface area contributed by atoms with E-state index in [4.69, 9.17) is 4.74 Å². The maximum atomic E-state index is 12.7. The van der Waals surface area contributed by atoms with Gasteiger partial charge in [-0.1, -0.05) is 6.07 Å². The van der Waals surface area contributed by atoms with Crippen molar-refractivity contribution in [2.45, 2.75) is 18.0 Å². The van der Waals surface area contributed by atoms with Crippen LogP contribution in [0.1, 0.15) is 4.88 Å². The molecule has 10 heteroatoms. The van der Waals surface area contributed by atoms with E-state index < -0.39 is 15.6 Å². The number of hydrogen-bond donors (Lipinski definition) is 1. The van der Waals surface area contributed by atoms with Crippen LogP contribution in [0.4, 0.5) is 0 Å². The van der Waals surface area contributed by atoms with Gasteiger partial charge in [-0.15, -0.1) is 11.3 Å². The second kappa shape index (κ2) is 8.12. The lowest BCUT2D eigenvalue weighted by atomic mass is 10.4. The molecule has 1 aliphatic rings. The van der Waals surface area contributed by atoms with Crippen molar-refractivity contribution in [2.75, 3.05) is 26.3 Å². The standard InChI is InChI=1S/C16H19N3O5S2/c20-15(17-10-13-2-1-9-25-13)12-18-11-14(3-4-16(18)21)26(22,23)19-5-7-24-8-6-19/h1-4,9,11H,5-8,10,12H2,(H,17,20). The van der Waals surface area contributed by atoms with Crippen LogP contribution in [0.5, 0.6) is 0 Å². The van der Waals surface area contributed by atoms with Gasteiger partial charge >= 0.3 is 0 Å². The summed E-state index contributed by atoms with van der Waals surface area (Å²) < 4.78 is 32.9. The van der Waals surface area contributed by atoms with Gasteiger partial charge in [-0.25, -0.2) is 8.42 Å². The maximum Gasteiger partial charge on any atom is 0.251 e. The van der Waals surface area contributed by atoms with Crippen LogP contribution in [0.3, 0.4) is 0 Å². The van der Waals surface area contributed by atoms with Crippen LogP contribution in [0.25, 0.3) is 0 Å². The second-order valence-electron chi connectivity index (χ2n) is 5.70. The Morgan fingerprint density at radius 1 is 1.23 bits per heavy atom. The highest BCUT2D eigenvalue weighted by molar-refractivity contribution is 7.89. The van der Waals surface area contributed by atoms with Crippen molar-refractivity contribution in [1.29, 1.82) is 0 Å². The number of rotatable bonds is 6. The van der Waals surface area contributed by atoms with Crippen molar-refractivity contribution in [3.8, 4) is 0 Å². The lowest BCUT2D eigenvalue weighted by molar-refractivity contribution is -0.121. The quantitative estimate of drug-likeness (QED) is 0.753. The molecular formula is C16H19N3O5S2. The average Bonchev–Trinajstić information content (AvgIpc) is 3.16. The molecule has 1 amide bonds. The summed E-state index contributed by atoms with van der Waals surface area (Å²) in [5.41, 5.74) is -0.433. The van der Waals surface area contributed by atoms with Gasteiger partial charge in [0, 0.05) is 30.2 Å². The molecule has 3 heterocycles. The van der Waals surface area contributed by atoms with Crippen LogP contribution in [0.2, 0.25) is 0 Å². The molecule has 0 aromatic carbocycles. The normalized spacial score (nSPS) is 15.7. The van der Waals surface area contributed by atoms with Gasteiger partial charge in [0.2, 0.25) is 15.9 Å². The fourth-order valence-corrected chi connectivity index (χ4v) is 4.60. The van der Waals surface area contributed by atoms with E-state index in [1.165, 1.54) is 34.0 Å². The summed E-state index contributed by atoms with van der Waals surface area (Å²) in [5, 5.41) is 4.63. The predicted molar refractivity (Wildman–Crippen MR) is 96.4 cm³/mol. The monoisotopic (exact) mass is 397 g/mol. The average molecular weight is 397 g/mol. The van der Waals surface area contributed by atoms with Gasteiger partial charge in [0.05, 0.1) is 24.7 Å². The smallest absolute Gasteiger partial charge is 0.251 e. The summed E-state index contributed by atoms with van der Waals surface area (Å²) in [5.74, 6) is -0.360. The van der Waals surface area contributed by atoms with E-state index in [2.05, 4.69) is 5.32 Å². The first-order valence-electron chi connectivity index (χ1n) is 8.04. The number of nitrogens with one attached hydrogen (secondary N) is 1. The number of morpholine rings is 1. The van der Waals surface area contributed by atoms with E-state index in [1.54, 1.807) is 0 Å². The third-order valence-electron chi connectivity index (χ3n) is 3.92. The van der Waals surface area contributed by atoms with Crippen LogP contribution in [0, 0.1) is 0 Å². The molecule has 0 atom stereocenters. The number of carbonyl (C=O) groups is 1. The third-order valence-corrected chi connectivity index (χ3v) is 6.68. The Hall–Kier alpha value is -2.01.